The minimum Gasteiger partial charge on any atom is -0.198 e. The Hall–Kier alpha value is -1.60. The van der Waals surface area contributed by atoms with E-state index in [0.717, 1.165) is 28.0 Å². The lowest BCUT2D eigenvalue weighted by Gasteiger charge is -2.02. The number of nitrogens with zero attached hydrogens (tertiary/aromatic N) is 3. The van der Waals surface area contributed by atoms with E-state index in [1.807, 2.05) is 18.2 Å². The molecule has 4 heteroatoms. The van der Waals surface area contributed by atoms with Crippen LogP contribution in [0.2, 0.25) is 0 Å². The van der Waals surface area contributed by atoms with Crippen LogP contribution in [0.1, 0.15) is 12.8 Å². The normalized spacial score (nSPS) is 10.2. The third kappa shape index (κ3) is 2.50. The van der Waals surface area contributed by atoms with Gasteiger partial charge in [-0.25, -0.2) is 0 Å². The first-order valence-electron chi connectivity index (χ1n) is 5.12. The van der Waals surface area contributed by atoms with Gasteiger partial charge in [-0.1, -0.05) is 24.3 Å². The molecule has 1 heterocycles. The Kier molecular flexibility index (Phi) is 3.73. The van der Waals surface area contributed by atoms with Gasteiger partial charge >= 0.3 is 0 Å². The Morgan fingerprint density at radius 2 is 2.19 bits per heavy atom. The molecule has 0 atom stereocenters. The molecule has 0 aliphatic carbocycles. The predicted molar refractivity (Wildman–Crippen MR) is 65.1 cm³/mol. The molecule has 3 nitrogen and oxygen atoms in total. The van der Waals surface area contributed by atoms with E-state index in [9.17, 15) is 0 Å². The van der Waals surface area contributed by atoms with Crippen LogP contribution in [0.4, 0.5) is 0 Å². The molecule has 16 heavy (non-hydrogen) atoms. The summed E-state index contributed by atoms with van der Waals surface area (Å²) in [6.45, 7) is 0. The van der Waals surface area contributed by atoms with E-state index in [2.05, 4.69) is 22.3 Å². The number of hydrogen-bond donors (Lipinski definition) is 0. The number of rotatable bonds is 4. The van der Waals surface area contributed by atoms with Crippen LogP contribution in [-0.2, 0) is 0 Å². The van der Waals surface area contributed by atoms with E-state index in [1.54, 1.807) is 18.0 Å². The number of thioether (sulfide) groups is 1. The molecule has 0 bridgehead atoms. The van der Waals surface area contributed by atoms with E-state index in [-0.39, 0.29) is 0 Å². The highest BCUT2D eigenvalue weighted by Crippen LogP contribution is 2.25. The van der Waals surface area contributed by atoms with Crippen molar-refractivity contribution in [1.29, 1.82) is 5.26 Å². The van der Waals surface area contributed by atoms with Crippen LogP contribution in [0, 0.1) is 11.3 Å². The highest BCUT2D eigenvalue weighted by atomic mass is 32.2. The summed E-state index contributed by atoms with van der Waals surface area (Å²) in [4.78, 5) is 0. The van der Waals surface area contributed by atoms with E-state index in [1.165, 1.54) is 0 Å². The molecule has 0 aliphatic rings. The molecule has 0 fully saturated rings. The van der Waals surface area contributed by atoms with Crippen LogP contribution >= 0.6 is 11.8 Å². The van der Waals surface area contributed by atoms with Crippen LogP contribution < -0.4 is 0 Å². The number of hydrogen-bond acceptors (Lipinski definition) is 4. The van der Waals surface area contributed by atoms with Crippen molar-refractivity contribution in [2.75, 3.05) is 5.75 Å². The Balaban J connectivity index is 2.15. The minimum absolute atomic E-state index is 0.602. The zero-order valence-corrected chi connectivity index (χ0v) is 9.57. The summed E-state index contributed by atoms with van der Waals surface area (Å²) in [5, 5.41) is 19.8. The Morgan fingerprint density at radius 1 is 1.31 bits per heavy atom. The number of benzene rings is 1. The minimum atomic E-state index is 0.602. The van der Waals surface area contributed by atoms with Crippen molar-refractivity contribution in [3.8, 4) is 6.07 Å². The summed E-state index contributed by atoms with van der Waals surface area (Å²) in [5.41, 5.74) is 0. The van der Waals surface area contributed by atoms with Gasteiger partial charge in [-0.2, -0.15) is 10.4 Å². The van der Waals surface area contributed by atoms with Crippen LogP contribution in [-0.4, -0.2) is 16.0 Å². The molecule has 80 valence electrons. The summed E-state index contributed by atoms with van der Waals surface area (Å²) in [5.74, 6) is 0.913. The molecule has 2 rings (SSSR count). The maximum Gasteiger partial charge on any atom is 0.127 e. The molecule has 1 aromatic carbocycles. The number of unbranched alkanes of at least 4 members (excludes halogenated alkanes) is 1. The fraction of sp³-hybridized carbons (Fsp3) is 0.250. The van der Waals surface area contributed by atoms with Crippen molar-refractivity contribution in [1.82, 2.24) is 10.2 Å². The molecule has 0 amide bonds. The van der Waals surface area contributed by atoms with Crippen LogP contribution in [0.25, 0.3) is 10.8 Å². The van der Waals surface area contributed by atoms with Crippen molar-refractivity contribution in [3.05, 3.63) is 30.5 Å². The largest absolute Gasteiger partial charge is 0.198 e. The molecule has 0 saturated heterocycles. The van der Waals surface area contributed by atoms with Crippen molar-refractivity contribution < 1.29 is 0 Å². The molecular formula is C12H11N3S. The summed E-state index contributed by atoms with van der Waals surface area (Å²) in [7, 11) is 0. The van der Waals surface area contributed by atoms with Gasteiger partial charge in [0.1, 0.15) is 5.03 Å². The average molecular weight is 229 g/mol. The van der Waals surface area contributed by atoms with Gasteiger partial charge in [-0.05, 0) is 6.42 Å². The molecule has 0 radical (unpaired) electrons. The number of nitriles is 1. The van der Waals surface area contributed by atoms with Crippen molar-refractivity contribution in [3.63, 3.8) is 0 Å². The van der Waals surface area contributed by atoms with Crippen molar-refractivity contribution >= 4 is 22.5 Å². The first-order chi connectivity index (χ1) is 7.92. The van der Waals surface area contributed by atoms with Crippen LogP contribution in [0.3, 0.4) is 0 Å². The van der Waals surface area contributed by atoms with Crippen molar-refractivity contribution in [2.45, 2.75) is 17.9 Å². The fourth-order valence-corrected chi connectivity index (χ4v) is 2.36. The van der Waals surface area contributed by atoms with E-state index < -0.39 is 0 Å². The molecule has 0 N–H and O–H groups in total. The standard InChI is InChI=1S/C12H11N3S/c13-7-3-4-8-16-12-11-6-2-1-5-10(11)9-14-15-12/h1-2,5-6,9H,3-4,8H2. The Labute approximate surface area is 98.5 Å². The highest BCUT2D eigenvalue weighted by molar-refractivity contribution is 7.99. The van der Waals surface area contributed by atoms with E-state index in [0.29, 0.717) is 6.42 Å². The van der Waals surface area contributed by atoms with Gasteiger partial charge in [-0.15, -0.1) is 16.9 Å². The highest BCUT2D eigenvalue weighted by Gasteiger charge is 2.02. The second kappa shape index (κ2) is 5.47. The van der Waals surface area contributed by atoms with Crippen LogP contribution in [0.5, 0.6) is 0 Å². The van der Waals surface area contributed by atoms with Crippen LogP contribution in [0.15, 0.2) is 35.5 Å². The Bertz CT molecular complexity index is 514. The van der Waals surface area contributed by atoms with Gasteiger partial charge in [-0.3, -0.25) is 0 Å². The molecular weight excluding hydrogens is 218 g/mol. The Morgan fingerprint density at radius 3 is 3.06 bits per heavy atom. The van der Waals surface area contributed by atoms with Gasteiger partial charge in [0, 0.05) is 22.9 Å². The first-order valence-corrected chi connectivity index (χ1v) is 6.10. The molecule has 2 aromatic rings. The lowest BCUT2D eigenvalue weighted by molar-refractivity contribution is 0.943. The lowest BCUT2D eigenvalue weighted by atomic mass is 10.2. The summed E-state index contributed by atoms with van der Waals surface area (Å²) in [6, 6.07) is 10.2. The van der Waals surface area contributed by atoms with Gasteiger partial charge in [0.25, 0.3) is 0 Å². The average Bonchev–Trinajstić information content (AvgIpc) is 2.35. The number of aromatic nitrogens is 2. The molecule has 0 aliphatic heterocycles. The quantitative estimate of drug-likeness (QED) is 0.597. The summed E-state index contributed by atoms with van der Waals surface area (Å²) < 4.78 is 0. The van der Waals surface area contributed by atoms with Gasteiger partial charge in [0.2, 0.25) is 0 Å². The third-order valence-electron chi connectivity index (χ3n) is 2.21. The second-order valence-electron chi connectivity index (χ2n) is 3.35. The zero-order chi connectivity index (χ0) is 11.2. The topological polar surface area (TPSA) is 49.6 Å². The summed E-state index contributed by atoms with van der Waals surface area (Å²) >= 11 is 1.67. The second-order valence-corrected chi connectivity index (χ2v) is 4.43. The summed E-state index contributed by atoms with van der Waals surface area (Å²) in [6.07, 6.45) is 3.27. The lowest BCUT2D eigenvalue weighted by Crippen LogP contribution is -1.88. The van der Waals surface area contributed by atoms with Gasteiger partial charge < -0.3 is 0 Å². The molecule has 0 saturated carbocycles. The van der Waals surface area contributed by atoms with Crippen molar-refractivity contribution in [2.24, 2.45) is 0 Å². The van der Waals surface area contributed by atoms with E-state index >= 15 is 0 Å². The van der Waals surface area contributed by atoms with E-state index in [4.69, 9.17) is 5.26 Å². The molecule has 0 unspecified atom stereocenters. The molecule has 1 aromatic heterocycles. The maximum absolute atomic E-state index is 8.45. The number of fused-ring (bicyclic) bond motifs is 1. The fourth-order valence-electron chi connectivity index (χ4n) is 1.43. The monoisotopic (exact) mass is 229 g/mol. The smallest absolute Gasteiger partial charge is 0.127 e. The van der Waals surface area contributed by atoms with Gasteiger partial charge in [0.05, 0.1) is 12.3 Å². The zero-order valence-electron chi connectivity index (χ0n) is 8.76. The third-order valence-corrected chi connectivity index (χ3v) is 3.28. The molecule has 0 spiro atoms. The predicted octanol–water partition coefficient (Wildman–Crippen LogP) is 3.03. The first kappa shape index (κ1) is 10.9. The SMILES string of the molecule is N#CCCCSc1nncc2ccccc12. The maximum atomic E-state index is 8.45. The van der Waals surface area contributed by atoms with Gasteiger partial charge in [0.15, 0.2) is 0 Å².